The molecule has 3 fully saturated rings. The molecule has 2 aromatic carbocycles. The maximum Gasteiger partial charge on any atom is 0.263 e. The van der Waals surface area contributed by atoms with Gasteiger partial charge in [0.15, 0.2) is 12.7 Å². The lowest BCUT2D eigenvalue weighted by molar-refractivity contribution is -0.153. The highest BCUT2D eigenvalue weighted by Gasteiger charge is 2.69. The molecule has 0 unspecified atom stereocenters. The van der Waals surface area contributed by atoms with Gasteiger partial charge in [0.05, 0.1) is 17.3 Å². The van der Waals surface area contributed by atoms with E-state index in [1.807, 2.05) is 18.0 Å². The zero-order valence-electron chi connectivity index (χ0n) is 17.8. The van der Waals surface area contributed by atoms with Crippen LogP contribution < -0.4 is 25.0 Å². The van der Waals surface area contributed by atoms with Gasteiger partial charge in [0.25, 0.3) is 11.8 Å². The molecule has 2 aromatic rings. The number of nitrogens with one attached hydrogen (secondary N) is 2. The molecule has 174 valence electrons. The van der Waals surface area contributed by atoms with Gasteiger partial charge < -0.3 is 25.0 Å². The van der Waals surface area contributed by atoms with E-state index in [4.69, 9.17) is 32.7 Å². The van der Waals surface area contributed by atoms with E-state index in [9.17, 15) is 14.0 Å². The van der Waals surface area contributed by atoms with E-state index in [1.54, 1.807) is 12.1 Å². The number of rotatable bonds is 6. The lowest BCUT2D eigenvalue weighted by Crippen LogP contribution is -2.84. The molecule has 3 saturated carbocycles. The Morgan fingerprint density at radius 3 is 2.61 bits per heavy atom. The van der Waals surface area contributed by atoms with Gasteiger partial charge in [-0.1, -0.05) is 23.2 Å². The van der Waals surface area contributed by atoms with Gasteiger partial charge >= 0.3 is 0 Å². The van der Waals surface area contributed by atoms with Crippen LogP contribution in [0.15, 0.2) is 36.4 Å². The van der Waals surface area contributed by atoms with Gasteiger partial charge in [-0.2, -0.15) is 0 Å². The fourth-order valence-corrected chi connectivity index (χ4v) is 5.29. The first-order valence-corrected chi connectivity index (χ1v) is 11.3. The highest BCUT2D eigenvalue weighted by molar-refractivity contribution is 6.31. The Kier molecular flexibility index (Phi) is 5.33. The van der Waals surface area contributed by atoms with Crippen molar-refractivity contribution in [3.05, 3.63) is 52.3 Å². The first-order valence-electron chi connectivity index (χ1n) is 10.5. The van der Waals surface area contributed by atoms with Gasteiger partial charge in [0.1, 0.15) is 17.3 Å². The molecule has 3 aliphatic carbocycles. The maximum absolute atomic E-state index is 13.5. The van der Waals surface area contributed by atoms with Crippen molar-refractivity contribution in [2.75, 3.05) is 25.1 Å². The number of carbonyl (C=O) groups is 2. The zero-order valence-corrected chi connectivity index (χ0v) is 19.3. The van der Waals surface area contributed by atoms with Gasteiger partial charge in [0, 0.05) is 29.2 Å². The van der Waals surface area contributed by atoms with E-state index in [0.717, 1.165) is 11.8 Å². The predicted octanol–water partition coefficient (Wildman–Crippen LogP) is 3.32. The highest BCUT2D eigenvalue weighted by Crippen LogP contribution is 2.60. The number of anilines is 1. The summed E-state index contributed by atoms with van der Waals surface area (Å²) in [5.74, 6) is -0.218. The van der Waals surface area contributed by atoms with Crippen LogP contribution in [-0.4, -0.2) is 49.2 Å². The molecule has 33 heavy (non-hydrogen) atoms. The molecular formula is C23H22Cl2FN3O4. The van der Waals surface area contributed by atoms with Gasteiger partial charge in [-0.3, -0.25) is 9.59 Å². The van der Waals surface area contributed by atoms with Crippen molar-refractivity contribution in [1.82, 2.24) is 10.6 Å². The van der Waals surface area contributed by atoms with Crippen molar-refractivity contribution in [3.63, 3.8) is 0 Å². The fraction of sp³-hybridized carbons (Fsp3) is 0.391. The molecular weight excluding hydrogens is 472 g/mol. The lowest BCUT2D eigenvalue weighted by Gasteiger charge is -2.70. The number of nitrogens with zero attached hydrogens (tertiary/aromatic N) is 1. The SMILES string of the molecule is CN1C[C@@H](C(=O)NC23CC(NC(=O)COc4ccc(Cl)c(F)c4)(C2)C3)Oc2ccc(Cl)cc21. The summed E-state index contributed by atoms with van der Waals surface area (Å²) in [6.07, 6.45) is 1.34. The molecule has 1 heterocycles. The number of halogens is 3. The van der Waals surface area contributed by atoms with Crippen molar-refractivity contribution in [2.45, 2.75) is 36.4 Å². The number of benzene rings is 2. The van der Waals surface area contributed by atoms with Crippen LogP contribution in [0.25, 0.3) is 0 Å². The molecule has 7 nitrogen and oxygen atoms in total. The van der Waals surface area contributed by atoms with E-state index >= 15 is 0 Å². The topological polar surface area (TPSA) is 79.9 Å². The van der Waals surface area contributed by atoms with Gasteiger partial charge in [-0.05, 0) is 49.6 Å². The summed E-state index contributed by atoms with van der Waals surface area (Å²) >= 11 is 11.7. The molecule has 1 atom stereocenters. The van der Waals surface area contributed by atoms with E-state index in [0.29, 0.717) is 36.6 Å². The molecule has 0 aromatic heterocycles. The maximum atomic E-state index is 13.5. The quantitative estimate of drug-likeness (QED) is 0.645. The molecule has 2 amide bonds. The van der Waals surface area contributed by atoms with E-state index in [-0.39, 0.29) is 40.3 Å². The Balaban J connectivity index is 1.10. The largest absolute Gasteiger partial charge is 0.484 e. The van der Waals surface area contributed by atoms with Crippen LogP contribution in [0.5, 0.6) is 11.5 Å². The van der Waals surface area contributed by atoms with Gasteiger partial charge in [0.2, 0.25) is 0 Å². The second kappa shape index (κ2) is 7.95. The Labute approximate surface area is 200 Å². The third-order valence-corrected chi connectivity index (χ3v) is 6.96. The van der Waals surface area contributed by atoms with Gasteiger partial charge in [-0.15, -0.1) is 0 Å². The molecule has 2 N–H and O–H groups in total. The van der Waals surface area contributed by atoms with Crippen LogP contribution in [0, 0.1) is 5.82 Å². The zero-order chi connectivity index (χ0) is 23.4. The number of ether oxygens (including phenoxy) is 2. The Hall–Kier alpha value is -2.71. The molecule has 0 saturated heterocycles. The van der Waals surface area contributed by atoms with Gasteiger partial charge in [-0.25, -0.2) is 4.39 Å². The third kappa shape index (κ3) is 4.17. The molecule has 4 aliphatic rings. The average molecular weight is 494 g/mol. The van der Waals surface area contributed by atoms with Crippen LogP contribution in [0.3, 0.4) is 0 Å². The highest BCUT2D eigenvalue weighted by atomic mass is 35.5. The van der Waals surface area contributed by atoms with Crippen LogP contribution in [0.1, 0.15) is 19.3 Å². The number of carbonyl (C=O) groups excluding carboxylic acids is 2. The molecule has 0 radical (unpaired) electrons. The second-order valence-corrected chi connectivity index (χ2v) is 9.94. The van der Waals surface area contributed by atoms with Crippen molar-refractivity contribution in [3.8, 4) is 11.5 Å². The van der Waals surface area contributed by atoms with E-state index in [2.05, 4.69) is 10.6 Å². The minimum atomic E-state index is -0.628. The summed E-state index contributed by atoms with van der Waals surface area (Å²) < 4.78 is 24.7. The normalized spacial score (nSPS) is 26.8. The minimum Gasteiger partial charge on any atom is -0.484 e. The predicted molar refractivity (Wildman–Crippen MR) is 122 cm³/mol. The standard InChI is InChI=1S/C23H22Cl2FN3O4/c1-29-8-19(33-18-5-2-13(24)6-17(18)29)21(31)28-23-10-22(11-23,12-23)27-20(30)9-32-14-3-4-15(25)16(26)7-14/h2-7,19H,8-12H2,1H3,(H,27,30)(H,28,31)/t19-,22?,23?/m0/s1. The fourth-order valence-electron chi connectivity index (χ4n) is 5.00. The van der Waals surface area contributed by atoms with Crippen LogP contribution in [0.4, 0.5) is 10.1 Å². The molecule has 0 spiro atoms. The Bertz CT molecular complexity index is 1120. The summed E-state index contributed by atoms with van der Waals surface area (Å²) in [5, 5.41) is 6.68. The summed E-state index contributed by atoms with van der Waals surface area (Å²) in [5.41, 5.74) is 0.210. The second-order valence-electron chi connectivity index (χ2n) is 9.09. The number of amides is 2. The van der Waals surface area contributed by atoms with Crippen LogP contribution >= 0.6 is 23.2 Å². The summed E-state index contributed by atoms with van der Waals surface area (Å²) in [6.45, 7) is 0.188. The number of hydrogen-bond acceptors (Lipinski definition) is 5. The first kappa shape index (κ1) is 22.1. The minimum absolute atomic E-state index is 0.00751. The molecule has 6 rings (SSSR count). The van der Waals surface area contributed by atoms with Crippen molar-refractivity contribution in [2.24, 2.45) is 0 Å². The van der Waals surface area contributed by atoms with Crippen LogP contribution in [0.2, 0.25) is 10.0 Å². The van der Waals surface area contributed by atoms with Crippen molar-refractivity contribution >= 4 is 40.7 Å². The summed E-state index contributed by atoms with van der Waals surface area (Å²) in [6, 6.07) is 9.32. The smallest absolute Gasteiger partial charge is 0.263 e. The Morgan fingerprint density at radius 2 is 1.88 bits per heavy atom. The monoisotopic (exact) mass is 493 g/mol. The summed E-state index contributed by atoms with van der Waals surface area (Å²) in [7, 11) is 1.89. The third-order valence-electron chi connectivity index (χ3n) is 6.42. The van der Waals surface area contributed by atoms with Crippen molar-refractivity contribution in [1.29, 1.82) is 0 Å². The average Bonchev–Trinajstić information content (AvgIpc) is 2.72. The van der Waals surface area contributed by atoms with Crippen molar-refractivity contribution < 1.29 is 23.5 Å². The van der Waals surface area contributed by atoms with E-state index in [1.165, 1.54) is 12.1 Å². The number of fused-ring (bicyclic) bond motifs is 1. The lowest BCUT2D eigenvalue weighted by atomic mass is 9.44. The molecule has 1 aliphatic heterocycles. The number of hydrogen-bond donors (Lipinski definition) is 2. The molecule has 2 bridgehead atoms. The first-order chi connectivity index (χ1) is 15.7. The Morgan fingerprint density at radius 1 is 1.15 bits per heavy atom. The molecule has 10 heteroatoms. The van der Waals surface area contributed by atoms with Crippen LogP contribution in [-0.2, 0) is 9.59 Å². The van der Waals surface area contributed by atoms with E-state index < -0.39 is 11.9 Å². The summed E-state index contributed by atoms with van der Waals surface area (Å²) in [4.78, 5) is 27.1. The number of likely N-dealkylation sites (N-methyl/N-ethyl adjacent to an activating group) is 1.